The number of nitrogens with zero attached hydrogens (tertiary/aromatic N) is 1. The SMILES string of the molecule is C#CCO/N=[C]/C1CCCCC1. The largest absolute Gasteiger partial charge is 0.382 e. The molecule has 0 aromatic carbocycles. The van der Waals surface area contributed by atoms with Gasteiger partial charge in [0.25, 0.3) is 0 Å². The van der Waals surface area contributed by atoms with E-state index in [0.717, 1.165) is 0 Å². The Labute approximate surface area is 74.0 Å². The fourth-order valence-electron chi connectivity index (χ4n) is 1.41. The van der Waals surface area contributed by atoms with Gasteiger partial charge in [0.1, 0.15) is 6.21 Å². The second-order valence-corrected chi connectivity index (χ2v) is 3.03. The molecule has 2 heteroatoms. The Morgan fingerprint density at radius 2 is 2.08 bits per heavy atom. The third-order valence-electron chi connectivity index (χ3n) is 2.05. The summed E-state index contributed by atoms with van der Waals surface area (Å²) in [5.74, 6) is 2.85. The van der Waals surface area contributed by atoms with Gasteiger partial charge in [-0.3, -0.25) is 0 Å². The third kappa shape index (κ3) is 3.43. The number of hydrogen-bond donors (Lipinski definition) is 0. The fraction of sp³-hybridized carbons (Fsp3) is 0.700. The molecule has 0 unspecified atom stereocenters. The minimum Gasteiger partial charge on any atom is -0.382 e. The molecule has 0 bridgehead atoms. The standard InChI is InChI=1S/C10H14NO/c1-2-8-12-11-9-10-6-4-3-5-7-10/h1,10H,3-8H2. The van der Waals surface area contributed by atoms with Crippen LogP contribution < -0.4 is 0 Å². The summed E-state index contributed by atoms with van der Waals surface area (Å²) >= 11 is 0. The van der Waals surface area contributed by atoms with Crippen LogP contribution in [-0.4, -0.2) is 12.8 Å². The Bertz CT molecular complexity index is 175. The number of rotatable bonds is 3. The highest BCUT2D eigenvalue weighted by Crippen LogP contribution is 2.21. The summed E-state index contributed by atoms with van der Waals surface area (Å²) in [6.07, 6.45) is 14.3. The van der Waals surface area contributed by atoms with Gasteiger partial charge in [0, 0.05) is 5.92 Å². The monoisotopic (exact) mass is 164 g/mol. The summed E-state index contributed by atoms with van der Waals surface area (Å²) in [5, 5.41) is 3.69. The first-order valence-electron chi connectivity index (χ1n) is 4.44. The minimum absolute atomic E-state index is 0.250. The van der Waals surface area contributed by atoms with Crippen LogP contribution >= 0.6 is 0 Å². The van der Waals surface area contributed by atoms with Gasteiger partial charge >= 0.3 is 0 Å². The smallest absolute Gasteiger partial charge is 0.177 e. The van der Waals surface area contributed by atoms with Crippen molar-refractivity contribution >= 4 is 6.21 Å². The van der Waals surface area contributed by atoms with E-state index >= 15 is 0 Å². The average Bonchev–Trinajstić information content (AvgIpc) is 2.14. The van der Waals surface area contributed by atoms with E-state index in [1.807, 2.05) is 0 Å². The number of terminal acetylenes is 1. The Morgan fingerprint density at radius 1 is 1.33 bits per heavy atom. The molecule has 2 nitrogen and oxygen atoms in total. The average molecular weight is 164 g/mol. The lowest BCUT2D eigenvalue weighted by atomic mass is 9.90. The van der Waals surface area contributed by atoms with E-state index in [-0.39, 0.29) is 6.61 Å². The molecule has 0 aromatic rings. The van der Waals surface area contributed by atoms with Gasteiger partial charge < -0.3 is 4.84 Å². The molecule has 0 saturated heterocycles. The van der Waals surface area contributed by atoms with Crippen LogP contribution in [0.1, 0.15) is 32.1 Å². The highest BCUT2D eigenvalue weighted by Gasteiger charge is 2.11. The van der Waals surface area contributed by atoms with Crippen LogP contribution in [0.3, 0.4) is 0 Å². The van der Waals surface area contributed by atoms with E-state index in [0.29, 0.717) is 5.92 Å². The molecule has 0 spiro atoms. The van der Waals surface area contributed by atoms with Crippen molar-refractivity contribution in [2.24, 2.45) is 11.1 Å². The molecule has 0 aromatic heterocycles. The zero-order chi connectivity index (χ0) is 8.65. The van der Waals surface area contributed by atoms with Crippen molar-refractivity contribution in [3.8, 4) is 12.3 Å². The molecule has 0 aliphatic heterocycles. The lowest BCUT2D eigenvalue weighted by molar-refractivity contribution is 0.179. The molecule has 1 saturated carbocycles. The zero-order valence-electron chi connectivity index (χ0n) is 7.25. The molecule has 1 rings (SSSR count). The molecule has 0 heterocycles. The van der Waals surface area contributed by atoms with Crippen molar-refractivity contribution in [1.29, 1.82) is 0 Å². The summed E-state index contributed by atoms with van der Waals surface area (Å²) in [6, 6.07) is 0. The van der Waals surface area contributed by atoms with Gasteiger partial charge in [0.05, 0.1) is 0 Å². The van der Waals surface area contributed by atoms with Crippen LogP contribution in [0, 0.1) is 18.3 Å². The van der Waals surface area contributed by atoms with Gasteiger partial charge in [0.2, 0.25) is 0 Å². The molecular formula is C10H14NO. The maximum atomic E-state index is 4.98. The van der Waals surface area contributed by atoms with Crippen molar-refractivity contribution in [1.82, 2.24) is 0 Å². The first-order valence-corrected chi connectivity index (χ1v) is 4.44. The summed E-state index contributed by atoms with van der Waals surface area (Å²) < 4.78 is 0. The first kappa shape index (κ1) is 9.12. The van der Waals surface area contributed by atoms with Crippen molar-refractivity contribution in [3.63, 3.8) is 0 Å². The first-order chi connectivity index (χ1) is 5.93. The van der Waals surface area contributed by atoms with Gasteiger partial charge in [-0.1, -0.05) is 30.3 Å². The van der Waals surface area contributed by atoms with Gasteiger partial charge in [-0.2, -0.15) is 0 Å². The molecular weight excluding hydrogens is 150 g/mol. The Hall–Kier alpha value is -0.970. The summed E-state index contributed by atoms with van der Waals surface area (Å²) in [4.78, 5) is 4.76. The predicted molar refractivity (Wildman–Crippen MR) is 48.8 cm³/mol. The molecule has 0 N–H and O–H groups in total. The molecule has 0 atom stereocenters. The van der Waals surface area contributed by atoms with Crippen molar-refractivity contribution in [2.75, 3.05) is 6.61 Å². The van der Waals surface area contributed by atoms with E-state index in [1.54, 1.807) is 0 Å². The van der Waals surface area contributed by atoms with E-state index in [1.165, 1.54) is 32.1 Å². The Balaban J connectivity index is 2.12. The van der Waals surface area contributed by atoms with E-state index in [4.69, 9.17) is 11.3 Å². The Morgan fingerprint density at radius 3 is 2.75 bits per heavy atom. The van der Waals surface area contributed by atoms with Crippen LogP contribution in [0.25, 0.3) is 0 Å². The predicted octanol–water partition coefficient (Wildman–Crippen LogP) is 2.08. The maximum Gasteiger partial charge on any atom is 0.177 e. The van der Waals surface area contributed by atoms with Gasteiger partial charge in [0.15, 0.2) is 6.61 Å². The van der Waals surface area contributed by atoms with Gasteiger partial charge in [-0.25, -0.2) is 0 Å². The van der Waals surface area contributed by atoms with Crippen LogP contribution in [-0.2, 0) is 4.84 Å². The lowest BCUT2D eigenvalue weighted by Crippen LogP contribution is -2.07. The minimum atomic E-state index is 0.250. The second kappa shape index (κ2) is 5.65. The normalized spacial score (nSPS) is 19.2. The van der Waals surface area contributed by atoms with E-state index < -0.39 is 0 Å². The van der Waals surface area contributed by atoms with E-state index in [9.17, 15) is 0 Å². The molecule has 1 aliphatic carbocycles. The van der Waals surface area contributed by atoms with Crippen molar-refractivity contribution < 1.29 is 4.84 Å². The maximum absolute atomic E-state index is 4.98. The lowest BCUT2D eigenvalue weighted by Gasteiger charge is -2.15. The highest BCUT2D eigenvalue weighted by atomic mass is 16.6. The van der Waals surface area contributed by atoms with Crippen LogP contribution in [0.4, 0.5) is 0 Å². The summed E-state index contributed by atoms with van der Waals surface area (Å²) in [5.41, 5.74) is 0. The topological polar surface area (TPSA) is 21.6 Å². The molecule has 1 radical (unpaired) electrons. The molecule has 65 valence electrons. The summed E-state index contributed by atoms with van der Waals surface area (Å²) in [6.45, 7) is 0.250. The van der Waals surface area contributed by atoms with Gasteiger partial charge in [-0.15, -0.1) is 6.42 Å². The van der Waals surface area contributed by atoms with Gasteiger partial charge in [-0.05, 0) is 12.8 Å². The highest BCUT2D eigenvalue weighted by molar-refractivity contribution is 5.59. The quantitative estimate of drug-likeness (QED) is 0.271. The van der Waals surface area contributed by atoms with Crippen LogP contribution in [0.15, 0.2) is 5.16 Å². The Kier molecular flexibility index (Phi) is 4.30. The third-order valence-corrected chi connectivity index (χ3v) is 2.05. The van der Waals surface area contributed by atoms with Crippen molar-refractivity contribution in [3.05, 3.63) is 0 Å². The van der Waals surface area contributed by atoms with Crippen LogP contribution in [0.2, 0.25) is 0 Å². The molecule has 12 heavy (non-hydrogen) atoms. The zero-order valence-corrected chi connectivity index (χ0v) is 7.25. The fourth-order valence-corrected chi connectivity index (χ4v) is 1.41. The van der Waals surface area contributed by atoms with Crippen molar-refractivity contribution in [2.45, 2.75) is 32.1 Å². The van der Waals surface area contributed by atoms with Crippen LogP contribution in [0.5, 0.6) is 0 Å². The van der Waals surface area contributed by atoms with E-state index in [2.05, 4.69) is 17.3 Å². The summed E-state index contributed by atoms with van der Waals surface area (Å²) in [7, 11) is 0. The second-order valence-electron chi connectivity index (χ2n) is 3.03. The molecule has 0 amide bonds. The molecule has 1 aliphatic rings. The number of hydrogen-bond acceptors (Lipinski definition) is 2. The molecule has 1 fully saturated rings.